The highest BCUT2D eigenvalue weighted by Crippen LogP contribution is 2.48. The second-order valence-corrected chi connectivity index (χ2v) is 13.2. The molecule has 1 aromatic carbocycles. The van der Waals surface area contributed by atoms with Gasteiger partial charge in [0.25, 0.3) is 0 Å². The van der Waals surface area contributed by atoms with Crippen LogP contribution in [0.1, 0.15) is 45.9 Å². The first kappa shape index (κ1) is 31.9. The molecule has 1 aliphatic rings. The molecule has 0 bridgehead atoms. The standard InChI is InChI=1S/C28H38FN4O8P/c1-18(26(36)38-15-13-27(2,3)4)32-42(37,41-19-8-6-5-7-9-19)39-17-28(16-29)25(35)23(34)24(40-28)22-11-10-21-20(30)12-14-31-33(21)22/h5-12,14,18,23-25,34-35H,13,15-17,30H2,1-4H3,(H,32,37)/t18-,23-,24-,25-,28+,42-/m0/s1. The van der Waals surface area contributed by atoms with E-state index in [4.69, 9.17) is 24.3 Å². The number of ether oxygens (including phenoxy) is 2. The molecule has 42 heavy (non-hydrogen) atoms. The molecule has 230 valence electrons. The maximum Gasteiger partial charge on any atom is 0.459 e. The molecule has 1 aliphatic heterocycles. The number of para-hydroxylation sites is 1. The summed E-state index contributed by atoms with van der Waals surface area (Å²) < 4.78 is 52.5. The Morgan fingerprint density at radius 2 is 1.95 bits per heavy atom. The van der Waals surface area contributed by atoms with Crippen LogP contribution in [0.3, 0.4) is 0 Å². The van der Waals surface area contributed by atoms with Gasteiger partial charge in [-0.3, -0.25) is 9.32 Å². The largest absolute Gasteiger partial charge is 0.465 e. The zero-order valence-electron chi connectivity index (χ0n) is 24.0. The number of hydrogen-bond donors (Lipinski definition) is 4. The number of rotatable bonds is 12. The molecule has 4 rings (SSSR count). The lowest BCUT2D eigenvalue weighted by Crippen LogP contribution is -2.49. The summed E-state index contributed by atoms with van der Waals surface area (Å²) in [7, 11) is -4.42. The number of carbonyl (C=O) groups is 1. The van der Waals surface area contributed by atoms with E-state index in [2.05, 4.69) is 10.2 Å². The number of alkyl halides is 1. The van der Waals surface area contributed by atoms with Gasteiger partial charge in [0.2, 0.25) is 0 Å². The summed E-state index contributed by atoms with van der Waals surface area (Å²) in [6.07, 6.45) is -2.55. The number of halogens is 1. The van der Waals surface area contributed by atoms with Gasteiger partial charge in [-0.2, -0.15) is 10.2 Å². The Kier molecular flexibility index (Phi) is 9.61. The topological polar surface area (TPSA) is 167 Å². The highest BCUT2D eigenvalue weighted by Gasteiger charge is 2.57. The minimum Gasteiger partial charge on any atom is -0.465 e. The first-order valence-electron chi connectivity index (χ1n) is 13.5. The van der Waals surface area contributed by atoms with Crippen molar-refractivity contribution in [2.24, 2.45) is 5.41 Å². The fourth-order valence-corrected chi connectivity index (χ4v) is 5.97. The van der Waals surface area contributed by atoms with Crippen LogP contribution in [-0.4, -0.2) is 69.5 Å². The maximum atomic E-state index is 14.7. The summed E-state index contributed by atoms with van der Waals surface area (Å²) in [5, 5.41) is 28.6. The van der Waals surface area contributed by atoms with Crippen molar-refractivity contribution in [1.82, 2.24) is 14.7 Å². The number of carbonyl (C=O) groups excluding carboxylic acids is 1. The number of aliphatic hydroxyl groups is 2. The third kappa shape index (κ3) is 7.11. The average Bonchev–Trinajstić information content (AvgIpc) is 3.47. The molecule has 0 amide bonds. The van der Waals surface area contributed by atoms with Gasteiger partial charge in [0.05, 0.1) is 30.1 Å². The van der Waals surface area contributed by atoms with Gasteiger partial charge in [-0.1, -0.05) is 39.0 Å². The Labute approximate surface area is 243 Å². The minimum absolute atomic E-state index is 0.0627. The van der Waals surface area contributed by atoms with Crippen LogP contribution < -0.4 is 15.3 Å². The molecule has 1 saturated heterocycles. The number of anilines is 1. The van der Waals surface area contributed by atoms with Crippen LogP contribution in [-0.2, 0) is 23.4 Å². The van der Waals surface area contributed by atoms with Gasteiger partial charge < -0.3 is 29.9 Å². The van der Waals surface area contributed by atoms with E-state index in [0.29, 0.717) is 23.3 Å². The average molecular weight is 609 g/mol. The number of aliphatic hydroxyl groups excluding tert-OH is 2. The normalized spacial score (nSPS) is 24.8. The predicted octanol–water partition coefficient (Wildman–Crippen LogP) is 3.58. The molecule has 0 saturated carbocycles. The number of nitrogens with zero attached hydrogens (tertiary/aromatic N) is 2. The molecule has 6 atom stereocenters. The Morgan fingerprint density at radius 1 is 1.24 bits per heavy atom. The van der Waals surface area contributed by atoms with Crippen LogP contribution in [0.25, 0.3) is 5.52 Å². The van der Waals surface area contributed by atoms with E-state index in [1.807, 2.05) is 20.8 Å². The lowest BCUT2D eigenvalue weighted by atomic mass is 9.93. The number of nitrogens with one attached hydrogen (secondary N) is 1. The van der Waals surface area contributed by atoms with Crippen molar-refractivity contribution in [2.45, 2.75) is 64.1 Å². The van der Waals surface area contributed by atoms with Crippen molar-refractivity contribution < 1.29 is 42.5 Å². The van der Waals surface area contributed by atoms with Crippen LogP contribution in [0.4, 0.5) is 10.1 Å². The van der Waals surface area contributed by atoms with E-state index < -0.39 is 57.0 Å². The minimum atomic E-state index is -4.42. The molecule has 0 aliphatic carbocycles. The van der Waals surface area contributed by atoms with Crippen LogP contribution >= 0.6 is 7.75 Å². The third-order valence-electron chi connectivity index (χ3n) is 6.92. The van der Waals surface area contributed by atoms with Gasteiger partial charge in [0.1, 0.15) is 42.4 Å². The molecule has 2 aromatic heterocycles. The predicted molar refractivity (Wildman–Crippen MR) is 152 cm³/mol. The summed E-state index contributed by atoms with van der Waals surface area (Å²) in [5.41, 5.74) is 5.06. The summed E-state index contributed by atoms with van der Waals surface area (Å²) in [6.45, 7) is 5.47. The van der Waals surface area contributed by atoms with Crippen molar-refractivity contribution >= 4 is 24.9 Å². The van der Waals surface area contributed by atoms with Crippen LogP contribution in [0.2, 0.25) is 0 Å². The van der Waals surface area contributed by atoms with Crippen molar-refractivity contribution in [2.75, 3.05) is 25.6 Å². The fraction of sp³-hybridized carbons (Fsp3) is 0.500. The van der Waals surface area contributed by atoms with E-state index in [9.17, 15) is 24.0 Å². The van der Waals surface area contributed by atoms with Gasteiger partial charge in [0, 0.05) is 6.20 Å². The molecule has 0 radical (unpaired) electrons. The van der Waals surface area contributed by atoms with Gasteiger partial charge in [-0.25, -0.2) is 13.5 Å². The summed E-state index contributed by atoms with van der Waals surface area (Å²) in [5.74, 6) is -0.551. The zero-order chi connectivity index (χ0) is 30.7. The Bertz CT molecular complexity index is 1420. The van der Waals surface area contributed by atoms with Gasteiger partial charge in [0.15, 0.2) is 0 Å². The first-order valence-corrected chi connectivity index (χ1v) is 15.1. The SMILES string of the molecule is C[C@H](N[P@](=O)(OC[C@@]1(CF)O[C@@H](c2ccc3c(N)ccnn23)[C@H](O)[C@@H]1O)Oc1ccccc1)C(=O)OCCC(C)(C)C. The number of esters is 1. The van der Waals surface area contributed by atoms with Crippen molar-refractivity contribution in [1.29, 1.82) is 0 Å². The van der Waals surface area contributed by atoms with E-state index in [0.717, 1.165) is 0 Å². The van der Waals surface area contributed by atoms with Crippen molar-refractivity contribution in [3.8, 4) is 5.75 Å². The van der Waals surface area contributed by atoms with Gasteiger partial charge in [-0.15, -0.1) is 0 Å². The molecule has 5 N–H and O–H groups in total. The smallest absolute Gasteiger partial charge is 0.459 e. The highest BCUT2D eigenvalue weighted by atomic mass is 31.2. The quantitative estimate of drug-likeness (QED) is 0.175. The summed E-state index contributed by atoms with van der Waals surface area (Å²) in [6, 6.07) is 11.7. The lowest BCUT2D eigenvalue weighted by Gasteiger charge is -2.31. The maximum absolute atomic E-state index is 14.7. The fourth-order valence-electron chi connectivity index (χ4n) is 4.42. The van der Waals surface area contributed by atoms with Crippen molar-refractivity contribution in [3.63, 3.8) is 0 Å². The Balaban J connectivity index is 1.54. The van der Waals surface area contributed by atoms with E-state index >= 15 is 0 Å². The molecule has 1 fully saturated rings. The number of nitrogen functional groups attached to an aromatic ring is 1. The first-order chi connectivity index (χ1) is 19.8. The lowest BCUT2D eigenvalue weighted by molar-refractivity contribution is -0.146. The molecular weight excluding hydrogens is 570 g/mol. The molecule has 3 heterocycles. The molecule has 0 unspecified atom stereocenters. The number of hydrogen-bond acceptors (Lipinski definition) is 10. The summed E-state index contributed by atoms with van der Waals surface area (Å²) in [4.78, 5) is 12.6. The second kappa shape index (κ2) is 12.7. The number of fused-ring (bicyclic) bond motifs is 1. The monoisotopic (exact) mass is 608 g/mol. The number of nitrogens with two attached hydrogens (primary N) is 1. The van der Waals surface area contributed by atoms with Crippen LogP contribution in [0.5, 0.6) is 5.75 Å². The second-order valence-electron chi connectivity index (χ2n) is 11.5. The molecule has 0 spiro atoms. The van der Waals surface area contributed by atoms with Crippen LogP contribution in [0, 0.1) is 5.41 Å². The third-order valence-corrected chi connectivity index (χ3v) is 8.54. The zero-order valence-corrected chi connectivity index (χ0v) is 24.9. The van der Waals surface area contributed by atoms with Gasteiger partial charge >= 0.3 is 13.7 Å². The molecule has 3 aromatic rings. The Hall–Kier alpha value is -3.06. The number of benzene rings is 1. The van der Waals surface area contributed by atoms with Crippen LogP contribution in [0.15, 0.2) is 54.7 Å². The summed E-state index contributed by atoms with van der Waals surface area (Å²) >= 11 is 0. The Morgan fingerprint density at radius 3 is 2.62 bits per heavy atom. The highest BCUT2D eigenvalue weighted by molar-refractivity contribution is 7.52. The van der Waals surface area contributed by atoms with E-state index in [1.54, 1.807) is 36.4 Å². The molecular formula is C28H38FN4O8P. The van der Waals surface area contributed by atoms with E-state index in [1.165, 1.54) is 29.8 Å². The van der Waals surface area contributed by atoms with E-state index in [-0.39, 0.29) is 17.8 Å². The molecule has 14 heteroatoms. The molecule has 12 nitrogen and oxygen atoms in total. The van der Waals surface area contributed by atoms with Crippen molar-refractivity contribution in [3.05, 3.63) is 60.4 Å². The van der Waals surface area contributed by atoms with Gasteiger partial charge in [-0.05, 0) is 49.1 Å². The number of aromatic nitrogens is 2.